The number of thiocarbonyl (C=S) groups is 1. The molecule has 2 amide bonds. The van der Waals surface area contributed by atoms with Gasteiger partial charge >= 0.3 is 0 Å². The molecule has 0 spiro atoms. The van der Waals surface area contributed by atoms with Crippen LogP contribution in [0.4, 0.5) is 17.1 Å². The molecule has 2 N–H and O–H groups in total. The molecule has 1 aliphatic rings. The molecule has 0 bridgehead atoms. The number of nitrogens with one attached hydrogen (secondary N) is 2. The highest BCUT2D eigenvalue weighted by molar-refractivity contribution is 7.80. The minimum atomic E-state index is -0.606. The SMILES string of the molecule is CCCC(=O)N1CCN(c2ccc(NC(=S)NC(=O)c3ccc(-c4ccccc4[N+](=O)[O-])o3)cc2Cl)CC1. The van der Waals surface area contributed by atoms with Crippen molar-refractivity contribution in [3.05, 3.63) is 75.5 Å². The Kier molecular flexibility index (Phi) is 8.59. The highest BCUT2D eigenvalue weighted by Crippen LogP contribution is 2.31. The molecule has 1 fully saturated rings. The van der Waals surface area contributed by atoms with Gasteiger partial charge in [-0.25, -0.2) is 0 Å². The Hall–Kier alpha value is -3.96. The number of piperazine rings is 1. The first-order valence-corrected chi connectivity index (χ1v) is 12.8. The van der Waals surface area contributed by atoms with Crippen molar-refractivity contribution >= 4 is 57.8 Å². The van der Waals surface area contributed by atoms with Gasteiger partial charge in [-0.3, -0.25) is 25.0 Å². The van der Waals surface area contributed by atoms with Gasteiger partial charge in [-0.15, -0.1) is 0 Å². The molecule has 0 saturated carbocycles. The average molecular weight is 556 g/mol. The van der Waals surface area contributed by atoms with Crippen molar-refractivity contribution in [2.24, 2.45) is 0 Å². The Balaban J connectivity index is 1.34. The lowest BCUT2D eigenvalue weighted by molar-refractivity contribution is -0.384. The summed E-state index contributed by atoms with van der Waals surface area (Å²) in [5.41, 5.74) is 1.58. The van der Waals surface area contributed by atoms with E-state index in [2.05, 4.69) is 15.5 Å². The number of anilines is 2. The first kappa shape index (κ1) is 27.1. The average Bonchev–Trinajstić information content (AvgIpc) is 3.39. The van der Waals surface area contributed by atoms with E-state index < -0.39 is 10.8 Å². The molecule has 0 atom stereocenters. The van der Waals surface area contributed by atoms with Crippen LogP contribution in [0.3, 0.4) is 0 Å². The molecule has 3 aromatic rings. The van der Waals surface area contributed by atoms with E-state index in [1.165, 1.54) is 18.2 Å². The van der Waals surface area contributed by atoms with E-state index in [9.17, 15) is 19.7 Å². The van der Waals surface area contributed by atoms with Crippen LogP contribution in [0.15, 0.2) is 59.0 Å². The Bertz CT molecular complexity index is 1370. The van der Waals surface area contributed by atoms with Crippen LogP contribution in [0.5, 0.6) is 0 Å². The van der Waals surface area contributed by atoms with Crippen molar-refractivity contribution in [1.29, 1.82) is 0 Å². The zero-order valence-corrected chi connectivity index (χ0v) is 22.2. The van der Waals surface area contributed by atoms with Gasteiger partial charge in [0, 0.05) is 44.4 Å². The van der Waals surface area contributed by atoms with Gasteiger partial charge in [0.15, 0.2) is 10.9 Å². The second kappa shape index (κ2) is 12.1. The summed E-state index contributed by atoms with van der Waals surface area (Å²) in [6.45, 7) is 4.67. The van der Waals surface area contributed by atoms with Crippen LogP contribution in [0, 0.1) is 10.1 Å². The fourth-order valence-electron chi connectivity index (χ4n) is 4.18. The molecule has 0 radical (unpaired) electrons. The lowest BCUT2D eigenvalue weighted by Crippen LogP contribution is -2.48. The molecule has 10 nitrogen and oxygen atoms in total. The van der Waals surface area contributed by atoms with Crippen molar-refractivity contribution in [3.8, 4) is 11.3 Å². The molecule has 0 unspecified atom stereocenters. The van der Waals surface area contributed by atoms with E-state index in [0.717, 1.165) is 12.1 Å². The normalized spacial score (nSPS) is 13.2. The van der Waals surface area contributed by atoms with Crippen LogP contribution < -0.4 is 15.5 Å². The summed E-state index contributed by atoms with van der Waals surface area (Å²) in [4.78, 5) is 39.5. The number of hydrogen-bond acceptors (Lipinski definition) is 7. The van der Waals surface area contributed by atoms with Gasteiger partial charge in [-0.1, -0.05) is 30.7 Å². The molecule has 38 heavy (non-hydrogen) atoms. The van der Waals surface area contributed by atoms with Gasteiger partial charge < -0.3 is 19.5 Å². The van der Waals surface area contributed by atoms with Crippen LogP contribution in [0.25, 0.3) is 11.3 Å². The maximum absolute atomic E-state index is 12.6. The minimum Gasteiger partial charge on any atom is -0.451 e. The van der Waals surface area contributed by atoms with Gasteiger partial charge in [0.1, 0.15) is 5.76 Å². The highest BCUT2D eigenvalue weighted by Gasteiger charge is 2.23. The molecule has 198 valence electrons. The predicted octanol–water partition coefficient (Wildman–Crippen LogP) is 5.08. The van der Waals surface area contributed by atoms with Crippen LogP contribution in [0.1, 0.15) is 30.3 Å². The molecular formula is C26H26ClN5O5S. The Labute approximate surface area is 229 Å². The molecule has 2 aromatic carbocycles. The summed E-state index contributed by atoms with van der Waals surface area (Å²) in [6.07, 6.45) is 1.40. The summed E-state index contributed by atoms with van der Waals surface area (Å²) in [7, 11) is 0. The number of hydrogen-bond donors (Lipinski definition) is 2. The van der Waals surface area contributed by atoms with Crippen LogP contribution in [-0.4, -0.2) is 52.9 Å². The van der Waals surface area contributed by atoms with Gasteiger partial charge in [0.2, 0.25) is 5.91 Å². The number of nitro benzene ring substituents is 1. The number of amides is 2. The topological polar surface area (TPSA) is 121 Å². The molecule has 1 aliphatic heterocycles. The standard InChI is InChI=1S/C26H26ClN5O5S/c1-2-5-24(33)31-14-12-30(13-15-31)21-9-8-17(16-19(21)27)28-26(38)29-25(34)23-11-10-22(37-23)18-6-3-4-7-20(18)32(35)36/h3-4,6-11,16H,2,5,12-15H2,1H3,(H2,28,29,34,38). The van der Waals surface area contributed by atoms with Crippen molar-refractivity contribution in [1.82, 2.24) is 10.2 Å². The van der Waals surface area contributed by atoms with Crippen molar-refractivity contribution in [2.75, 3.05) is 36.4 Å². The monoisotopic (exact) mass is 555 g/mol. The Morgan fingerprint density at radius 2 is 1.84 bits per heavy atom. The Morgan fingerprint density at radius 1 is 1.11 bits per heavy atom. The van der Waals surface area contributed by atoms with Crippen LogP contribution in [-0.2, 0) is 4.79 Å². The number of benzene rings is 2. The van der Waals surface area contributed by atoms with Crippen molar-refractivity contribution in [2.45, 2.75) is 19.8 Å². The third-order valence-electron chi connectivity index (χ3n) is 6.07. The van der Waals surface area contributed by atoms with E-state index in [4.69, 9.17) is 28.2 Å². The number of carbonyl (C=O) groups excluding carboxylic acids is 2. The number of halogens is 1. The summed E-state index contributed by atoms with van der Waals surface area (Å²) in [5.74, 6) is -0.280. The summed E-state index contributed by atoms with van der Waals surface area (Å²) >= 11 is 11.8. The van der Waals surface area contributed by atoms with E-state index in [0.29, 0.717) is 43.3 Å². The Morgan fingerprint density at radius 3 is 2.53 bits per heavy atom. The highest BCUT2D eigenvalue weighted by atomic mass is 35.5. The predicted molar refractivity (Wildman–Crippen MR) is 150 cm³/mol. The third kappa shape index (κ3) is 6.29. The maximum atomic E-state index is 12.6. The molecule has 12 heteroatoms. The van der Waals surface area contributed by atoms with E-state index in [-0.39, 0.29) is 33.8 Å². The molecule has 4 rings (SSSR count). The number of carbonyl (C=O) groups is 2. The van der Waals surface area contributed by atoms with Crippen molar-refractivity contribution in [3.63, 3.8) is 0 Å². The lowest BCUT2D eigenvalue weighted by atomic mass is 10.1. The zero-order valence-electron chi connectivity index (χ0n) is 20.6. The fraction of sp³-hybridized carbons (Fsp3) is 0.269. The van der Waals surface area contributed by atoms with Gasteiger partial charge in [-0.2, -0.15) is 0 Å². The summed E-state index contributed by atoms with van der Waals surface area (Å²) in [6, 6.07) is 14.4. The fourth-order valence-corrected chi connectivity index (χ4v) is 4.69. The molecule has 1 aromatic heterocycles. The van der Waals surface area contributed by atoms with Crippen LogP contribution >= 0.6 is 23.8 Å². The quantitative estimate of drug-likeness (QED) is 0.235. The first-order valence-electron chi connectivity index (χ1n) is 12.0. The lowest BCUT2D eigenvalue weighted by Gasteiger charge is -2.36. The van der Waals surface area contributed by atoms with E-state index in [1.807, 2.05) is 17.9 Å². The second-order valence-electron chi connectivity index (χ2n) is 8.63. The number of nitro groups is 1. The first-order chi connectivity index (χ1) is 18.3. The molecule has 1 saturated heterocycles. The minimum absolute atomic E-state index is 0.0329. The molecule has 2 heterocycles. The number of rotatable bonds is 7. The summed E-state index contributed by atoms with van der Waals surface area (Å²) < 4.78 is 5.56. The van der Waals surface area contributed by atoms with Crippen LogP contribution in [0.2, 0.25) is 5.02 Å². The van der Waals surface area contributed by atoms with Gasteiger partial charge in [0.25, 0.3) is 11.6 Å². The maximum Gasteiger partial charge on any atom is 0.293 e. The van der Waals surface area contributed by atoms with Crippen molar-refractivity contribution < 1.29 is 18.9 Å². The number of nitrogens with zero attached hydrogens (tertiary/aromatic N) is 3. The number of furan rings is 1. The molecular weight excluding hydrogens is 530 g/mol. The van der Waals surface area contributed by atoms with Gasteiger partial charge in [0.05, 0.1) is 21.2 Å². The largest absolute Gasteiger partial charge is 0.451 e. The smallest absolute Gasteiger partial charge is 0.293 e. The molecule has 0 aliphatic carbocycles. The number of para-hydroxylation sites is 1. The van der Waals surface area contributed by atoms with E-state index >= 15 is 0 Å². The zero-order chi connectivity index (χ0) is 27.2. The van der Waals surface area contributed by atoms with Gasteiger partial charge in [-0.05, 0) is 55.0 Å². The third-order valence-corrected chi connectivity index (χ3v) is 6.57. The second-order valence-corrected chi connectivity index (χ2v) is 9.45. The summed E-state index contributed by atoms with van der Waals surface area (Å²) in [5, 5.41) is 17.3. The van der Waals surface area contributed by atoms with E-state index in [1.54, 1.807) is 30.3 Å².